The maximum absolute atomic E-state index is 11.5. The summed E-state index contributed by atoms with van der Waals surface area (Å²) in [7, 11) is 1.40. The van der Waals surface area contributed by atoms with Crippen molar-refractivity contribution >= 4 is 5.97 Å². The Kier molecular flexibility index (Phi) is 4.56. The minimum Gasteiger partial charge on any atom is -0.469 e. The van der Waals surface area contributed by atoms with Crippen molar-refractivity contribution in [2.45, 2.75) is 31.5 Å². The molecular formula is C14H19NO4. The molecule has 104 valence electrons. The standard InChI is InChI=1S/C14H19NO4/c1-17-13(16)10-11-5-6-14(18-8-9-19-14)12(11)4-2-3-7-15/h2-3,11-12H,4-6,8-10H2,1H3/b3-2-/t11-,12-/m1/s1. The number of carbonyl (C=O) groups excluding carboxylic acids is 1. The largest absolute Gasteiger partial charge is 0.469 e. The summed E-state index contributed by atoms with van der Waals surface area (Å²) in [4.78, 5) is 11.5. The number of carbonyl (C=O) groups is 1. The number of nitriles is 1. The van der Waals surface area contributed by atoms with Gasteiger partial charge in [-0.2, -0.15) is 5.26 Å². The minimum absolute atomic E-state index is 0.110. The molecule has 2 aliphatic rings. The van der Waals surface area contributed by atoms with Gasteiger partial charge in [0, 0.05) is 24.8 Å². The molecule has 0 aromatic carbocycles. The third-order valence-corrected chi connectivity index (χ3v) is 4.01. The normalized spacial score (nSPS) is 28.8. The highest BCUT2D eigenvalue weighted by molar-refractivity contribution is 5.69. The number of hydrogen-bond donors (Lipinski definition) is 0. The molecule has 5 heteroatoms. The lowest BCUT2D eigenvalue weighted by atomic mass is 9.87. The average molecular weight is 265 g/mol. The number of methoxy groups -OCH3 is 1. The predicted octanol–water partition coefficient (Wildman–Crippen LogP) is 1.79. The highest BCUT2D eigenvalue weighted by Crippen LogP contribution is 2.49. The van der Waals surface area contributed by atoms with Crippen molar-refractivity contribution in [2.24, 2.45) is 11.8 Å². The van der Waals surface area contributed by atoms with Crippen LogP contribution in [0.25, 0.3) is 0 Å². The van der Waals surface area contributed by atoms with Crippen LogP contribution in [0.3, 0.4) is 0 Å². The first kappa shape index (κ1) is 14.0. The molecule has 19 heavy (non-hydrogen) atoms. The smallest absolute Gasteiger partial charge is 0.305 e. The quantitative estimate of drug-likeness (QED) is 0.572. The molecule has 2 fully saturated rings. The molecule has 0 amide bonds. The summed E-state index contributed by atoms with van der Waals surface area (Å²) >= 11 is 0. The van der Waals surface area contributed by atoms with Gasteiger partial charge in [-0.15, -0.1) is 0 Å². The van der Waals surface area contributed by atoms with E-state index in [0.717, 1.165) is 12.8 Å². The van der Waals surface area contributed by atoms with E-state index in [2.05, 4.69) is 0 Å². The van der Waals surface area contributed by atoms with Gasteiger partial charge in [0.15, 0.2) is 5.79 Å². The Morgan fingerprint density at radius 2 is 2.26 bits per heavy atom. The summed E-state index contributed by atoms with van der Waals surface area (Å²) in [6.45, 7) is 1.20. The molecule has 0 aromatic heterocycles. The second-order valence-corrected chi connectivity index (χ2v) is 4.96. The molecule has 2 rings (SSSR count). The van der Waals surface area contributed by atoms with Crippen LogP contribution in [0.5, 0.6) is 0 Å². The van der Waals surface area contributed by atoms with Crippen molar-refractivity contribution in [3.8, 4) is 6.07 Å². The molecular weight excluding hydrogens is 246 g/mol. The zero-order chi connectivity index (χ0) is 13.7. The molecule has 1 spiro atoms. The van der Waals surface area contributed by atoms with Gasteiger partial charge in [-0.25, -0.2) is 0 Å². The van der Waals surface area contributed by atoms with Gasteiger partial charge in [0.2, 0.25) is 0 Å². The van der Waals surface area contributed by atoms with Crippen LogP contribution >= 0.6 is 0 Å². The van der Waals surface area contributed by atoms with E-state index in [1.165, 1.54) is 13.2 Å². The van der Waals surface area contributed by atoms with Gasteiger partial charge in [-0.1, -0.05) is 6.08 Å². The number of allylic oxidation sites excluding steroid dienone is 2. The summed E-state index contributed by atoms with van der Waals surface area (Å²) in [5.41, 5.74) is 0. The highest BCUT2D eigenvalue weighted by atomic mass is 16.7. The van der Waals surface area contributed by atoms with Gasteiger partial charge in [-0.3, -0.25) is 4.79 Å². The van der Waals surface area contributed by atoms with E-state index in [9.17, 15) is 4.79 Å². The van der Waals surface area contributed by atoms with E-state index < -0.39 is 5.79 Å². The monoisotopic (exact) mass is 265 g/mol. The van der Waals surface area contributed by atoms with Crippen LogP contribution in [-0.2, 0) is 19.0 Å². The Bertz CT molecular complexity index is 393. The number of ether oxygens (including phenoxy) is 3. The van der Waals surface area contributed by atoms with Crippen molar-refractivity contribution in [3.63, 3.8) is 0 Å². The van der Waals surface area contributed by atoms with Crippen molar-refractivity contribution in [3.05, 3.63) is 12.2 Å². The molecule has 0 bridgehead atoms. The summed E-state index contributed by atoms with van der Waals surface area (Å²) < 4.78 is 16.3. The average Bonchev–Trinajstić information content (AvgIpc) is 3.01. The molecule has 0 radical (unpaired) electrons. The molecule has 1 heterocycles. The lowest BCUT2D eigenvalue weighted by Crippen LogP contribution is -2.37. The molecule has 1 aliphatic heterocycles. The Morgan fingerprint density at radius 3 is 2.89 bits per heavy atom. The minimum atomic E-state index is -0.557. The van der Waals surface area contributed by atoms with E-state index >= 15 is 0 Å². The van der Waals surface area contributed by atoms with Crippen LogP contribution in [0.4, 0.5) is 0 Å². The fourth-order valence-corrected chi connectivity index (χ4v) is 3.14. The molecule has 0 N–H and O–H groups in total. The number of rotatable bonds is 4. The van der Waals surface area contributed by atoms with Crippen LogP contribution in [0.1, 0.15) is 25.7 Å². The summed E-state index contributed by atoms with van der Waals surface area (Å²) in [5, 5.41) is 8.57. The van der Waals surface area contributed by atoms with E-state index in [1.807, 2.05) is 12.1 Å². The molecule has 1 saturated heterocycles. The molecule has 2 atom stereocenters. The first-order valence-corrected chi connectivity index (χ1v) is 6.61. The lowest BCUT2D eigenvalue weighted by Gasteiger charge is -2.31. The number of hydrogen-bond acceptors (Lipinski definition) is 5. The summed E-state index contributed by atoms with van der Waals surface area (Å²) in [5.74, 6) is -0.458. The molecule has 0 unspecified atom stereocenters. The van der Waals surface area contributed by atoms with Gasteiger partial charge in [0.1, 0.15) is 0 Å². The third kappa shape index (κ3) is 2.96. The summed E-state index contributed by atoms with van der Waals surface area (Å²) in [6, 6.07) is 1.98. The topological polar surface area (TPSA) is 68.6 Å². The van der Waals surface area contributed by atoms with Crippen LogP contribution in [0.2, 0.25) is 0 Å². The maximum atomic E-state index is 11.5. The number of nitrogens with zero attached hydrogens (tertiary/aromatic N) is 1. The van der Waals surface area contributed by atoms with E-state index in [1.54, 1.807) is 0 Å². The molecule has 0 aromatic rings. The second-order valence-electron chi connectivity index (χ2n) is 4.96. The van der Waals surface area contributed by atoms with Crippen molar-refractivity contribution in [1.29, 1.82) is 5.26 Å². The first-order valence-electron chi connectivity index (χ1n) is 6.61. The van der Waals surface area contributed by atoms with E-state index in [4.69, 9.17) is 19.5 Å². The zero-order valence-corrected chi connectivity index (χ0v) is 11.1. The van der Waals surface area contributed by atoms with Crippen LogP contribution in [-0.4, -0.2) is 32.1 Å². The van der Waals surface area contributed by atoms with Gasteiger partial charge in [-0.05, 0) is 18.8 Å². The van der Waals surface area contributed by atoms with Crippen LogP contribution < -0.4 is 0 Å². The van der Waals surface area contributed by atoms with E-state index in [-0.39, 0.29) is 17.8 Å². The summed E-state index contributed by atoms with van der Waals surface area (Å²) in [6.07, 6.45) is 6.06. The maximum Gasteiger partial charge on any atom is 0.305 e. The molecule has 1 aliphatic carbocycles. The Morgan fingerprint density at radius 1 is 1.53 bits per heavy atom. The van der Waals surface area contributed by atoms with Crippen molar-refractivity contribution < 1.29 is 19.0 Å². The zero-order valence-electron chi connectivity index (χ0n) is 11.1. The Hall–Kier alpha value is -1.38. The van der Waals surface area contributed by atoms with Gasteiger partial charge < -0.3 is 14.2 Å². The SMILES string of the molecule is COC(=O)C[C@H]1CCC2(OCCO2)[C@@H]1C/C=C\C#N. The highest BCUT2D eigenvalue weighted by Gasteiger charge is 2.52. The second kappa shape index (κ2) is 6.18. The third-order valence-electron chi connectivity index (χ3n) is 4.01. The van der Waals surface area contributed by atoms with Gasteiger partial charge in [0.05, 0.1) is 26.4 Å². The van der Waals surface area contributed by atoms with E-state index in [0.29, 0.717) is 26.1 Å². The fraction of sp³-hybridized carbons (Fsp3) is 0.714. The Labute approximate surface area is 113 Å². The van der Waals surface area contributed by atoms with Crippen LogP contribution in [0.15, 0.2) is 12.2 Å². The fourth-order valence-electron chi connectivity index (χ4n) is 3.14. The van der Waals surface area contributed by atoms with Crippen molar-refractivity contribution in [2.75, 3.05) is 20.3 Å². The first-order chi connectivity index (χ1) is 9.22. The molecule has 5 nitrogen and oxygen atoms in total. The van der Waals surface area contributed by atoms with Crippen LogP contribution in [0, 0.1) is 23.2 Å². The van der Waals surface area contributed by atoms with Gasteiger partial charge in [0.25, 0.3) is 0 Å². The Balaban J connectivity index is 2.08. The number of esters is 1. The van der Waals surface area contributed by atoms with Gasteiger partial charge >= 0.3 is 5.97 Å². The predicted molar refractivity (Wildman–Crippen MR) is 66.9 cm³/mol. The molecule has 1 saturated carbocycles. The lowest BCUT2D eigenvalue weighted by molar-refractivity contribution is -0.186. The van der Waals surface area contributed by atoms with Crippen molar-refractivity contribution in [1.82, 2.24) is 0 Å².